The van der Waals surface area contributed by atoms with Crippen LogP contribution in [0, 0.1) is 0 Å². The summed E-state index contributed by atoms with van der Waals surface area (Å²) in [5, 5.41) is 32.1. The number of aliphatic carboxylic acids is 2. The number of amides is 4. The Hall–Kier alpha value is -3.38. The summed E-state index contributed by atoms with van der Waals surface area (Å²) in [5.74, 6) is -2.99. The summed E-state index contributed by atoms with van der Waals surface area (Å²) in [6.45, 7) is 4.60. The van der Waals surface area contributed by atoms with E-state index in [2.05, 4.69) is 33.5 Å². The maximum Gasteiger partial charge on any atom is 0.326 e. The maximum absolute atomic E-state index is 12.3. The van der Waals surface area contributed by atoms with E-state index in [-0.39, 0.29) is 95.5 Å². The number of carbonyl (C=O) groups excluding carboxylic acids is 4. The highest BCUT2D eigenvalue weighted by Gasteiger charge is 2.20. The van der Waals surface area contributed by atoms with Gasteiger partial charge in [-0.3, -0.25) is 24.0 Å². The standard InChI is InChI=1S/C44H83N5O12/c1-37(45-2)21-19-20-26-46-41(52)35-60-33-32-59-30-28-48-42(53)36-61-34-31-58-29-27-47-39(50)25-24-38(44(56)57)49-40(51)22-17-15-13-11-9-7-5-3-4-6-8-10-12-14-16-18-23-43(54)55/h37-38,45H,3-36H2,1-2H3,(H,46,52)(H,47,50)(H,48,53)(H,49,51)(H,54,55)(H,56,57)/t37-,38+/m1/s1. The van der Waals surface area contributed by atoms with Crippen LogP contribution in [-0.4, -0.2) is 137 Å². The van der Waals surface area contributed by atoms with E-state index in [9.17, 15) is 33.9 Å². The summed E-state index contributed by atoms with van der Waals surface area (Å²) in [7, 11) is 1.93. The normalized spacial score (nSPS) is 12.1. The summed E-state index contributed by atoms with van der Waals surface area (Å²) >= 11 is 0. The predicted molar refractivity (Wildman–Crippen MR) is 234 cm³/mol. The van der Waals surface area contributed by atoms with E-state index in [1.54, 1.807) is 0 Å². The lowest BCUT2D eigenvalue weighted by atomic mass is 10.0. The Morgan fingerprint density at radius 1 is 0.443 bits per heavy atom. The number of carboxylic acid groups (broad SMARTS) is 2. The van der Waals surface area contributed by atoms with Crippen LogP contribution in [0.5, 0.6) is 0 Å². The van der Waals surface area contributed by atoms with Gasteiger partial charge in [0.25, 0.3) is 0 Å². The van der Waals surface area contributed by atoms with Gasteiger partial charge in [-0.1, -0.05) is 96.3 Å². The van der Waals surface area contributed by atoms with Crippen molar-refractivity contribution in [2.75, 3.05) is 79.5 Å². The molecule has 0 aromatic heterocycles. The van der Waals surface area contributed by atoms with Crippen LogP contribution < -0.4 is 26.6 Å². The molecule has 0 aliphatic rings. The van der Waals surface area contributed by atoms with Crippen molar-refractivity contribution in [1.29, 1.82) is 0 Å². The van der Waals surface area contributed by atoms with Gasteiger partial charge in [0.15, 0.2) is 0 Å². The van der Waals surface area contributed by atoms with Gasteiger partial charge in [0.05, 0.1) is 39.6 Å². The second-order valence-corrected chi connectivity index (χ2v) is 15.6. The second-order valence-electron chi connectivity index (χ2n) is 15.6. The fourth-order valence-corrected chi connectivity index (χ4v) is 6.27. The minimum Gasteiger partial charge on any atom is -0.481 e. The molecule has 17 heteroatoms. The van der Waals surface area contributed by atoms with Gasteiger partial charge in [0, 0.05) is 44.9 Å². The number of carbonyl (C=O) groups is 6. The lowest BCUT2D eigenvalue weighted by Crippen LogP contribution is -2.41. The van der Waals surface area contributed by atoms with Crippen LogP contribution >= 0.6 is 0 Å². The zero-order chi connectivity index (χ0) is 45.0. The zero-order valence-electron chi connectivity index (χ0n) is 37.7. The Kier molecular flexibility index (Phi) is 40.9. The number of carboxylic acids is 2. The van der Waals surface area contributed by atoms with Crippen molar-refractivity contribution in [3.05, 3.63) is 0 Å². The average molecular weight is 874 g/mol. The van der Waals surface area contributed by atoms with Crippen molar-refractivity contribution in [2.45, 2.75) is 167 Å². The molecular weight excluding hydrogens is 791 g/mol. The molecule has 0 spiro atoms. The third-order valence-corrected chi connectivity index (χ3v) is 10.1. The number of hydrogen-bond acceptors (Lipinski definition) is 11. The van der Waals surface area contributed by atoms with Crippen LogP contribution in [0.25, 0.3) is 0 Å². The van der Waals surface area contributed by atoms with E-state index in [4.69, 9.17) is 24.1 Å². The molecule has 0 rings (SSSR count). The fraction of sp³-hybridized carbons (Fsp3) is 0.864. The first-order valence-corrected chi connectivity index (χ1v) is 23.1. The Balaban J connectivity index is 3.63. The molecule has 7 N–H and O–H groups in total. The summed E-state index contributed by atoms with van der Waals surface area (Å²) in [6.07, 6.45) is 21.4. The summed E-state index contributed by atoms with van der Waals surface area (Å²) in [4.78, 5) is 70.4. The van der Waals surface area contributed by atoms with Crippen molar-refractivity contribution in [1.82, 2.24) is 26.6 Å². The van der Waals surface area contributed by atoms with E-state index >= 15 is 0 Å². The van der Waals surface area contributed by atoms with Gasteiger partial charge in [0.1, 0.15) is 19.3 Å². The van der Waals surface area contributed by atoms with Gasteiger partial charge in [-0.05, 0) is 46.1 Å². The van der Waals surface area contributed by atoms with Crippen molar-refractivity contribution in [2.24, 2.45) is 0 Å². The molecule has 0 saturated heterocycles. The van der Waals surface area contributed by atoms with Crippen molar-refractivity contribution in [3.8, 4) is 0 Å². The van der Waals surface area contributed by atoms with Gasteiger partial charge < -0.3 is 55.7 Å². The SMILES string of the molecule is CN[C@H](C)CCCCNC(=O)COCCOCCNC(=O)COCCOCCNC(=O)CC[C@H](NC(=O)CCCCCCCCCCCCCCCCCCC(=O)O)C(=O)O. The highest BCUT2D eigenvalue weighted by Crippen LogP contribution is 2.14. The molecule has 0 fully saturated rings. The van der Waals surface area contributed by atoms with Crippen LogP contribution in [0.15, 0.2) is 0 Å². The largest absolute Gasteiger partial charge is 0.481 e. The molecule has 0 bridgehead atoms. The number of nitrogens with one attached hydrogen (secondary N) is 5. The summed E-state index contributed by atoms with van der Waals surface area (Å²) in [5.41, 5.74) is 0. The van der Waals surface area contributed by atoms with E-state index < -0.39 is 18.0 Å². The van der Waals surface area contributed by atoms with Crippen LogP contribution in [0.2, 0.25) is 0 Å². The Bertz CT molecular complexity index is 1130. The first-order chi connectivity index (χ1) is 29.5. The molecule has 0 unspecified atom stereocenters. The van der Waals surface area contributed by atoms with Gasteiger partial charge in [-0.2, -0.15) is 0 Å². The fourth-order valence-electron chi connectivity index (χ4n) is 6.27. The third kappa shape index (κ3) is 43.1. The van der Waals surface area contributed by atoms with Gasteiger partial charge in [-0.15, -0.1) is 0 Å². The molecule has 0 aromatic rings. The molecule has 4 amide bonds. The van der Waals surface area contributed by atoms with Crippen LogP contribution in [0.4, 0.5) is 0 Å². The highest BCUT2D eigenvalue weighted by molar-refractivity contribution is 5.84. The Labute approximate surface area is 365 Å². The van der Waals surface area contributed by atoms with E-state index in [0.717, 1.165) is 57.8 Å². The topological polar surface area (TPSA) is 240 Å². The molecule has 0 radical (unpaired) electrons. The number of ether oxygens (including phenoxy) is 4. The monoisotopic (exact) mass is 874 g/mol. The molecule has 0 heterocycles. The van der Waals surface area contributed by atoms with Crippen molar-refractivity contribution >= 4 is 35.6 Å². The maximum atomic E-state index is 12.3. The average Bonchev–Trinajstić information content (AvgIpc) is 3.23. The molecule has 2 atom stereocenters. The van der Waals surface area contributed by atoms with Crippen LogP contribution in [0.3, 0.4) is 0 Å². The first kappa shape index (κ1) is 57.6. The Morgan fingerprint density at radius 2 is 0.869 bits per heavy atom. The van der Waals surface area contributed by atoms with E-state index in [1.807, 2.05) is 7.05 Å². The number of rotatable bonds is 46. The summed E-state index contributed by atoms with van der Waals surface area (Å²) in [6, 6.07) is -0.660. The molecule has 0 aromatic carbocycles. The van der Waals surface area contributed by atoms with Crippen LogP contribution in [-0.2, 0) is 47.7 Å². The smallest absolute Gasteiger partial charge is 0.326 e. The lowest BCUT2D eigenvalue weighted by molar-refractivity contribution is -0.142. The van der Waals surface area contributed by atoms with Crippen LogP contribution in [0.1, 0.15) is 155 Å². The van der Waals surface area contributed by atoms with E-state index in [0.29, 0.717) is 38.8 Å². The molecule has 356 valence electrons. The van der Waals surface area contributed by atoms with Crippen molar-refractivity contribution < 1.29 is 57.9 Å². The molecular formula is C44H83N5O12. The molecule has 0 aliphatic heterocycles. The minimum absolute atomic E-state index is 0.0157. The van der Waals surface area contributed by atoms with Crippen molar-refractivity contribution in [3.63, 3.8) is 0 Å². The molecule has 0 aliphatic carbocycles. The molecule has 0 saturated carbocycles. The minimum atomic E-state index is -1.17. The molecule has 17 nitrogen and oxygen atoms in total. The van der Waals surface area contributed by atoms with Gasteiger partial charge >= 0.3 is 11.9 Å². The predicted octanol–water partition coefficient (Wildman–Crippen LogP) is 4.64. The van der Waals surface area contributed by atoms with Gasteiger partial charge in [-0.25, -0.2) is 4.79 Å². The zero-order valence-corrected chi connectivity index (χ0v) is 37.7. The van der Waals surface area contributed by atoms with Gasteiger partial charge in [0.2, 0.25) is 23.6 Å². The highest BCUT2D eigenvalue weighted by atomic mass is 16.5. The Morgan fingerprint density at radius 3 is 1.33 bits per heavy atom. The lowest BCUT2D eigenvalue weighted by Gasteiger charge is -2.14. The summed E-state index contributed by atoms with van der Waals surface area (Å²) < 4.78 is 21.4. The number of hydrogen-bond donors (Lipinski definition) is 7. The second kappa shape index (κ2) is 43.3. The quantitative estimate of drug-likeness (QED) is 0.0414. The first-order valence-electron chi connectivity index (χ1n) is 23.1. The molecule has 61 heavy (non-hydrogen) atoms. The third-order valence-electron chi connectivity index (χ3n) is 10.1. The number of unbranched alkanes of at least 4 members (excludes halogenated alkanes) is 16. The van der Waals surface area contributed by atoms with E-state index in [1.165, 1.54) is 57.8 Å².